The number of benzene rings is 2. The van der Waals surface area contributed by atoms with Gasteiger partial charge in [-0.25, -0.2) is 4.98 Å². The molecule has 0 atom stereocenters. The predicted octanol–water partition coefficient (Wildman–Crippen LogP) is 2.33. The van der Waals surface area contributed by atoms with Crippen LogP contribution in [0, 0.1) is 0 Å². The summed E-state index contributed by atoms with van der Waals surface area (Å²) in [4.78, 5) is 20.7. The molecule has 3 rings (SSSR count). The highest BCUT2D eigenvalue weighted by molar-refractivity contribution is 5.86. The second kappa shape index (κ2) is 10.7. The van der Waals surface area contributed by atoms with Gasteiger partial charge in [-0.2, -0.15) is 0 Å². The average Bonchev–Trinajstić information content (AvgIpc) is 3.28. The number of hydrogen-bond acceptors (Lipinski definition) is 5. The van der Waals surface area contributed by atoms with E-state index in [0.29, 0.717) is 24.9 Å². The van der Waals surface area contributed by atoms with Crippen LogP contribution in [-0.2, 0) is 17.9 Å². The zero-order chi connectivity index (χ0) is 21.2. The largest absolute Gasteiger partial charge is 0.497 e. The van der Waals surface area contributed by atoms with E-state index in [1.54, 1.807) is 20.4 Å². The number of methoxy groups -OCH3 is 1. The fraction of sp³-hybridized carbons (Fsp3) is 0.227. The van der Waals surface area contributed by atoms with E-state index in [1.165, 1.54) is 0 Å². The van der Waals surface area contributed by atoms with Gasteiger partial charge in [0.25, 0.3) is 0 Å². The molecule has 1 aromatic heterocycles. The molecule has 1 heterocycles. The van der Waals surface area contributed by atoms with E-state index in [2.05, 4.69) is 25.9 Å². The first-order valence-corrected chi connectivity index (χ1v) is 9.52. The number of guanidine groups is 1. The number of aliphatic imine (C=N–C) groups is 1. The van der Waals surface area contributed by atoms with E-state index >= 15 is 0 Å². The molecule has 0 spiro atoms. The molecule has 8 heteroatoms. The van der Waals surface area contributed by atoms with Crippen molar-refractivity contribution in [1.29, 1.82) is 0 Å². The van der Waals surface area contributed by atoms with Crippen LogP contribution in [0.3, 0.4) is 0 Å². The van der Waals surface area contributed by atoms with Gasteiger partial charge in [-0.3, -0.25) is 9.79 Å². The fourth-order valence-corrected chi connectivity index (χ4v) is 2.67. The lowest BCUT2D eigenvalue weighted by molar-refractivity contribution is -0.120. The summed E-state index contributed by atoms with van der Waals surface area (Å²) in [5.74, 6) is 1.71. The number of nitrogens with one attached hydrogen (secondary N) is 3. The van der Waals surface area contributed by atoms with Crippen molar-refractivity contribution in [3.8, 4) is 17.2 Å². The first-order valence-electron chi connectivity index (χ1n) is 9.52. The highest BCUT2D eigenvalue weighted by Crippen LogP contribution is 2.17. The lowest BCUT2D eigenvalue weighted by atomic mass is 10.2. The maximum atomic E-state index is 12.1. The Balaban J connectivity index is 1.41. The minimum absolute atomic E-state index is 0.101. The lowest BCUT2D eigenvalue weighted by Gasteiger charge is -2.11. The number of rotatable bonds is 8. The Kier molecular flexibility index (Phi) is 7.43. The van der Waals surface area contributed by atoms with Crippen LogP contribution in [0.4, 0.5) is 0 Å². The van der Waals surface area contributed by atoms with Crippen LogP contribution < -0.4 is 20.7 Å². The molecule has 30 heavy (non-hydrogen) atoms. The van der Waals surface area contributed by atoms with Crippen LogP contribution in [0.15, 0.2) is 70.3 Å². The van der Waals surface area contributed by atoms with Crippen LogP contribution in [-0.4, -0.2) is 37.6 Å². The van der Waals surface area contributed by atoms with E-state index in [1.807, 2.05) is 54.6 Å². The third kappa shape index (κ3) is 6.10. The third-order valence-corrected chi connectivity index (χ3v) is 4.30. The van der Waals surface area contributed by atoms with Gasteiger partial charge in [0.2, 0.25) is 11.8 Å². The summed E-state index contributed by atoms with van der Waals surface area (Å²) in [5.41, 5.74) is 2.65. The Morgan fingerprint density at radius 1 is 1.03 bits per heavy atom. The van der Waals surface area contributed by atoms with Gasteiger partial charge in [0.05, 0.1) is 25.9 Å². The standard InChI is InChI=1S/C22H25N5O3/c1-23-22(25-13-18-15-30-21(27-18)17-6-4-3-5-7-17)26-14-20(28)24-12-16-8-10-19(29-2)11-9-16/h3-11,15H,12-14H2,1-2H3,(H,24,28)(H2,23,25,26). The first kappa shape index (κ1) is 20.9. The second-order valence-electron chi connectivity index (χ2n) is 6.41. The van der Waals surface area contributed by atoms with Crippen LogP contribution in [0.25, 0.3) is 11.5 Å². The molecule has 0 fully saturated rings. The van der Waals surface area contributed by atoms with Crippen molar-refractivity contribution < 1.29 is 13.9 Å². The van der Waals surface area contributed by atoms with Crippen molar-refractivity contribution >= 4 is 11.9 Å². The Morgan fingerprint density at radius 3 is 2.50 bits per heavy atom. The molecule has 8 nitrogen and oxygen atoms in total. The molecule has 1 amide bonds. The molecular weight excluding hydrogens is 382 g/mol. The molecule has 0 unspecified atom stereocenters. The SMILES string of the molecule is CN=C(NCC(=O)NCc1ccc(OC)cc1)NCc1coc(-c2ccccc2)n1. The van der Waals surface area contributed by atoms with Crippen molar-refractivity contribution in [3.05, 3.63) is 72.1 Å². The van der Waals surface area contributed by atoms with Gasteiger partial charge >= 0.3 is 0 Å². The van der Waals surface area contributed by atoms with Gasteiger partial charge in [-0.15, -0.1) is 0 Å². The van der Waals surface area contributed by atoms with E-state index in [4.69, 9.17) is 9.15 Å². The number of aromatic nitrogens is 1. The highest BCUT2D eigenvalue weighted by Gasteiger charge is 2.08. The van der Waals surface area contributed by atoms with E-state index in [-0.39, 0.29) is 12.5 Å². The molecule has 0 saturated heterocycles. The smallest absolute Gasteiger partial charge is 0.239 e. The van der Waals surface area contributed by atoms with Crippen molar-refractivity contribution in [2.75, 3.05) is 20.7 Å². The zero-order valence-corrected chi connectivity index (χ0v) is 17.0. The van der Waals surface area contributed by atoms with Gasteiger partial charge in [0.15, 0.2) is 5.96 Å². The van der Waals surface area contributed by atoms with Gasteiger partial charge in [0.1, 0.15) is 12.0 Å². The van der Waals surface area contributed by atoms with Crippen LogP contribution in [0.5, 0.6) is 5.75 Å². The summed E-state index contributed by atoms with van der Waals surface area (Å²) in [6.45, 7) is 0.963. The van der Waals surface area contributed by atoms with Gasteiger partial charge in [-0.05, 0) is 29.8 Å². The maximum absolute atomic E-state index is 12.1. The number of carbonyl (C=O) groups is 1. The molecule has 0 aliphatic carbocycles. The Labute approximate surface area is 175 Å². The minimum Gasteiger partial charge on any atom is -0.497 e. The molecular formula is C22H25N5O3. The van der Waals surface area contributed by atoms with Crippen molar-refractivity contribution in [3.63, 3.8) is 0 Å². The number of amides is 1. The Bertz CT molecular complexity index is 968. The molecule has 0 radical (unpaired) electrons. The van der Waals surface area contributed by atoms with Crippen LogP contribution in [0.2, 0.25) is 0 Å². The second-order valence-corrected chi connectivity index (χ2v) is 6.41. The average molecular weight is 407 g/mol. The van der Waals surface area contributed by atoms with E-state index < -0.39 is 0 Å². The molecule has 3 N–H and O–H groups in total. The van der Waals surface area contributed by atoms with Crippen LogP contribution >= 0.6 is 0 Å². The topological polar surface area (TPSA) is 101 Å². The summed E-state index contributed by atoms with van der Waals surface area (Å²) in [5, 5.41) is 8.95. The highest BCUT2D eigenvalue weighted by atomic mass is 16.5. The maximum Gasteiger partial charge on any atom is 0.239 e. The first-order chi connectivity index (χ1) is 14.7. The summed E-state index contributed by atoms with van der Waals surface area (Å²) in [6, 6.07) is 17.2. The normalized spacial score (nSPS) is 11.1. The quantitative estimate of drug-likeness (QED) is 0.391. The van der Waals surface area contributed by atoms with Gasteiger partial charge < -0.3 is 25.1 Å². The molecule has 0 bridgehead atoms. The number of oxazole rings is 1. The number of nitrogens with zero attached hydrogens (tertiary/aromatic N) is 2. The molecule has 0 aliphatic heterocycles. The van der Waals surface area contributed by atoms with Crippen molar-refractivity contribution in [2.45, 2.75) is 13.1 Å². The zero-order valence-electron chi connectivity index (χ0n) is 17.0. The van der Waals surface area contributed by atoms with Gasteiger partial charge in [0, 0.05) is 19.2 Å². The van der Waals surface area contributed by atoms with E-state index in [0.717, 1.165) is 22.6 Å². The van der Waals surface area contributed by atoms with Gasteiger partial charge in [-0.1, -0.05) is 30.3 Å². The Morgan fingerprint density at radius 2 is 1.80 bits per heavy atom. The third-order valence-electron chi connectivity index (χ3n) is 4.30. The molecule has 3 aromatic rings. The molecule has 2 aromatic carbocycles. The number of hydrogen-bond donors (Lipinski definition) is 3. The number of ether oxygens (including phenoxy) is 1. The predicted molar refractivity (Wildman–Crippen MR) is 115 cm³/mol. The summed E-state index contributed by atoms with van der Waals surface area (Å²) >= 11 is 0. The molecule has 156 valence electrons. The van der Waals surface area contributed by atoms with E-state index in [9.17, 15) is 4.79 Å². The summed E-state index contributed by atoms with van der Waals surface area (Å²) < 4.78 is 10.6. The van der Waals surface area contributed by atoms with Crippen molar-refractivity contribution in [2.24, 2.45) is 4.99 Å². The number of carbonyl (C=O) groups excluding carboxylic acids is 1. The summed E-state index contributed by atoms with van der Waals surface area (Å²) in [6.07, 6.45) is 1.60. The Hall–Kier alpha value is -3.81. The van der Waals surface area contributed by atoms with Crippen molar-refractivity contribution in [1.82, 2.24) is 20.9 Å². The molecule has 0 saturated carbocycles. The lowest BCUT2D eigenvalue weighted by Crippen LogP contribution is -2.42. The minimum atomic E-state index is -0.137. The summed E-state index contributed by atoms with van der Waals surface area (Å²) in [7, 11) is 3.26. The van der Waals surface area contributed by atoms with Crippen LogP contribution in [0.1, 0.15) is 11.3 Å². The molecule has 0 aliphatic rings. The monoisotopic (exact) mass is 407 g/mol. The fourth-order valence-electron chi connectivity index (χ4n) is 2.67.